The van der Waals surface area contributed by atoms with E-state index < -0.39 is 18.6 Å². The van der Waals surface area contributed by atoms with Crippen molar-refractivity contribution in [1.82, 2.24) is 10.6 Å². The van der Waals surface area contributed by atoms with E-state index in [4.69, 9.17) is 10.2 Å². The van der Waals surface area contributed by atoms with Crippen molar-refractivity contribution in [3.8, 4) is 0 Å². The molecule has 1 amide bonds. The van der Waals surface area contributed by atoms with Gasteiger partial charge in [-0.25, -0.2) is 4.79 Å². The molecular formula is C9H16N2O4. The zero-order valence-corrected chi connectivity index (χ0v) is 8.40. The third-order valence-corrected chi connectivity index (χ3v) is 2.46. The van der Waals surface area contributed by atoms with E-state index in [2.05, 4.69) is 10.6 Å². The van der Waals surface area contributed by atoms with Crippen LogP contribution in [0.2, 0.25) is 0 Å². The van der Waals surface area contributed by atoms with Gasteiger partial charge in [0.15, 0.2) is 0 Å². The summed E-state index contributed by atoms with van der Waals surface area (Å²) in [5.74, 6) is -1.70. The van der Waals surface area contributed by atoms with E-state index in [1.165, 1.54) is 0 Å². The van der Waals surface area contributed by atoms with Gasteiger partial charge in [-0.05, 0) is 19.4 Å². The van der Waals surface area contributed by atoms with Crippen LogP contribution in [0.4, 0.5) is 0 Å². The summed E-state index contributed by atoms with van der Waals surface area (Å²) in [6.45, 7) is 0.886. The van der Waals surface area contributed by atoms with Crippen LogP contribution in [-0.4, -0.2) is 47.8 Å². The summed E-state index contributed by atoms with van der Waals surface area (Å²) in [6, 6.07) is -1.19. The Balaban J connectivity index is 2.42. The molecular weight excluding hydrogens is 200 g/mol. The molecule has 0 aliphatic carbocycles. The number of piperidine rings is 1. The molecule has 0 aromatic rings. The second-order valence-electron chi connectivity index (χ2n) is 3.63. The first-order valence-corrected chi connectivity index (χ1v) is 5.00. The molecule has 0 saturated carbocycles. The van der Waals surface area contributed by atoms with Crippen LogP contribution in [-0.2, 0) is 9.59 Å². The van der Waals surface area contributed by atoms with E-state index in [9.17, 15) is 9.59 Å². The lowest BCUT2D eigenvalue weighted by Gasteiger charge is -2.23. The minimum Gasteiger partial charge on any atom is -0.480 e. The Morgan fingerprint density at radius 1 is 1.53 bits per heavy atom. The summed E-state index contributed by atoms with van der Waals surface area (Å²) < 4.78 is 0. The van der Waals surface area contributed by atoms with Crippen LogP contribution in [0.1, 0.15) is 12.8 Å². The molecule has 1 heterocycles. The first-order valence-electron chi connectivity index (χ1n) is 5.00. The molecule has 1 saturated heterocycles. The van der Waals surface area contributed by atoms with Crippen LogP contribution < -0.4 is 10.6 Å². The molecule has 1 aliphatic heterocycles. The average Bonchev–Trinajstić information content (AvgIpc) is 2.26. The maximum Gasteiger partial charge on any atom is 0.328 e. The highest BCUT2D eigenvalue weighted by Crippen LogP contribution is 2.09. The fraction of sp³-hybridized carbons (Fsp3) is 0.778. The van der Waals surface area contributed by atoms with Crippen LogP contribution >= 0.6 is 0 Å². The normalized spacial score (nSPS) is 23.1. The van der Waals surface area contributed by atoms with Gasteiger partial charge >= 0.3 is 5.97 Å². The van der Waals surface area contributed by atoms with E-state index in [1.807, 2.05) is 0 Å². The number of carboxylic acid groups (broad SMARTS) is 1. The van der Waals surface area contributed by atoms with Crippen molar-refractivity contribution in [2.45, 2.75) is 18.9 Å². The van der Waals surface area contributed by atoms with Gasteiger partial charge in [0.2, 0.25) is 5.91 Å². The zero-order valence-electron chi connectivity index (χ0n) is 8.40. The quantitative estimate of drug-likeness (QED) is 0.461. The molecule has 0 radical (unpaired) electrons. The monoisotopic (exact) mass is 216 g/mol. The largest absolute Gasteiger partial charge is 0.480 e. The Hall–Kier alpha value is -1.14. The number of hydrogen-bond acceptors (Lipinski definition) is 4. The van der Waals surface area contributed by atoms with Gasteiger partial charge in [0.1, 0.15) is 6.04 Å². The third kappa shape index (κ3) is 3.49. The Labute approximate surface area is 87.7 Å². The number of hydrogen-bond donors (Lipinski definition) is 4. The van der Waals surface area contributed by atoms with Gasteiger partial charge < -0.3 is 20.8 Å². The number of carboxylic acids is 1. The van der Waals surface area contributed by atoms with E-state index in [-0.39, 0.29) is 11.8 Å². The van der Waals surface area contributed by atoms with Crippen molar-refractivity contribution >= 4 is 11.9 Å². The number of aliphatic hydroxyl groups is 1. The van der Waals surface area contributed by atoms with Gasteiger partial charge in [-0.2, -0.15) is 0 Å². The first kappa shape index (κ1) is 11.9. The predicted octanol–water partition coefficient (Wildman–Crippen LogP) is -1.45. The molecule has 0 unspecified atom stereocenters. The van der Waals surface area contributed by atoms with E-state index in [1.54, 1.807) is 0 Å². The fourth-order valence-electron chi connectivity index (χ4n) is 1.55. The van der Waals surface area contributed by atoms with Crippen molar-refractivity contribution in [2.24, 2.45) is 5.92 Å². The Morgan fingerprint density at radius 2 is 2.27 bits per heavy atom. The summed E-state index contributed by atoms with van der Waals surface area (Å²) in [7, 11) is 0. The third-order valence-electron chi connectivity index (χ3n) is 2.46. The predicted molar refractivity (Wildman–Crippen MR) is 52.2 cm³/mol. The van der Waals surface area contributed by atoms with Gasteiger partial charge in [0, 0.05) is 6.54 Å². The first-order chi connectivity index (χ1) is 7.15. The summed E-state index contributed by atoms with van der Waals surface area (Å²) in [4.78, 5) is 22.1. The highest BCUT2D eigenvalue weighted by atomic mass is 16.4. The van der Waals surface area contributed by atoms with Gasteiger partial charge in [0.05, 0.1) is 12.5 Å². The molecule has 0 bridgehead atoms. The van der Waals surface area contributed by atoms with Crippen molar-refractivity contribution in [2.75, 3.05) is 19.7 Å². The number of nitrogens with one attached hydrogen (secondary N) is 2. The standard InChI is InChI=1S/C9H16N2O4/c12-5-7(9(14)15)11-8(13)6-2-1-3-10-4-6/h6-7,10,12H,1-5H2,(H,11,13)(H,14,15)/t6-,7-/m0/s1. The molecule has 0 aromatic heterocycles. The van der Waals surface area contributed by atoms with Crippen molar-refractivity contribution in [1.29, 1.82) is 0 Å². The maximum atomic E-state index is 11.5. The number of carbonyl (C=O) groups is 2. The van der Waals surface area contributed by atoms with Gasteiger partial charge in [0.25, 0.3) is 0 Å². The lowest BCUT2D eigenvalue weighted by molar-refractivity contribution is -0.143. The summed E-state index contributed by atoms with van der Waals surface area (Å²) in [5, 5.41) is 22.7. The molecule has 4 N–H and O–H groups in total. The average molecular weight is 216 g/mol. The van der Waals surface area contributed by atoms with Gasteiger partial charge in [-0.1, -0.05) is 0 Å². The Kier molecular flexibility index (Phi) is 4.51. The lowest BCUT2D eigenvalue weighted by atomic mass is 9.98. The second kappa shape index (κ2) is 5.67. The summed E-state index contributed by atoms with van der Waals surface area (Å²) in [5.41, 5.74) is 0. The molecule has 2 atom stereocenters. The van der Waals surface area contributed by atoms with Crippen LogP contribution in [0.3, 0.4) is 0 Å². The van der Waals surface area contributed by atoms with E-state index >= 15 is 0 Å². The minimum atomic E-state index is -1.21. The number of amides is 1. The Bertz CT molecular complexity index is 238. The molecule has 1 rings (SSSR count). The molecule has 86 valence electrons. The van der Waals surface area contributed by atoms with Crippen LogP contribution in [0.15, 0.2) is 0 Å². The second-order valence-corrected chi connectivity index (χ2v) is 3.63. The topological polar surface area (TPSA) is 98.7 Å². The molecule has 0 spiro atoms. The molecule has 6 heteroatoms. The SMILES string of the molecule is O=C(N[C@@H](CO)C(=O)O)[C@H]1CCCNC1. The highest BCUT2D eigenvalue weighted by molar-refractivity contribution is 5.85. The number of rotatable bonds is 4. The van der Waals surface area contributed by atoms with Crippen molar-refractivity contribution in [3.05, 3.63) is 0 Å². The molecule has 15 heavy (non-hydrogen) atoms. The van der Waals surface area contributed by atoms with Crippen molar-refractivity contribution < 1.29 is 19.8 Å². The fourth-order valence-corrected chi connectivity index (χ4v) is 1.55. The number of aliphatic carboxylic acids is 1. The van der Waals surface area contributed by atoms with Crippen LogP contribution in [0.5, 0.6) is 0 Å². The minimum absolute atomic E-state index is 0.188. The van der Waals surface area contributed by atoms with Crippen molar-refractivity contribution in [3.63, 3.8) is 0 Å². The van der Waals surface area contributed by atoms with Crippen LogP contribution in [0.25, 0.3) is 0 Å². The van der Waals surface area contributed by atoms with E-state index in [0.29, 0.717) is 6.54 Å². The smallest absolute Gasteiger partial charge is 0.328 e. The molecule has 1 aliphatic rings. The number of aliphatic hydroxyl groups excluding tert-OH is 1. The number of carbonyl (C=O) groups excluding carboxylic acids is 1. The maximum absolute atomic E-state index is 11.5. The molecule has 6 nitrogen and oxygen atoms in total. The highest BCUT2D eigenvalue weighted by Gasteiger charge is 2.25. The summed E-state index contributed by atoms with van der Waals surface area (Å²) >= 11 is 0. The Morgan fingerprint density at radius 3 is 2.73 bits per heavy atom. The van der Waals surface area contributed by atoms with E-state index in [0.717, 1.165) is 19.4 Å². The van der Waals surface area contributed by atoms with Crippen LogP contribution in [0, 0.1) is 5.92 Å². The molecule has 1 fully saturated rings. The molecule has 0 aromatic carbocycles. The zero-order chi connectivity index (χ0) is 11.3. The summed E-state index contributed by atoms with van der Waals surface area (Å²) in [6.07, 6.45) is 1.67. The van der Waals surface area contributed by atoms with Gasteiger partial charge in [-0.3, -0.25) is 4.79 Å². The lowest BCUT2D eigenvalue weighted by Crippen LogP contribution is -2.48. The van der Waals surface area contributed by atoms with Gasteiger partial charge in [-0.15, -0.1) is 0 Å².